The highest BCUT2D eigenvalue weighted by Crippen LogP contribution is 2.54. The Morgan fingerprint density at radius 2 is 1.90 bits per heavy atom. The molecule has 0 bridgehead atoms. The van der Waals surface area contributed by atoms with Crippen LogP contribution in [0.15, 0.2) is 57.3 Å². The maximum atomic E-state index is 13.3. The number of thiophene rings is 1. The highest BCUT2D eigenvalue weighted by atomic mass is 32.2. The van der Waals surface area contributed by atoms with Gasteiger partial charge in [0.05, 0.1) is 4.88 Å². The molecule has 0 radical (unpaired) electrons. The van der Waals surface area contributed by atoms with Crippen LogP contribution in [0.1, 0.15) is 32.1 Å². The molecule has 1 saturated carbocycles. The Bertz CT molecular complexity index is 1140. The van der Waals surface area contributed by atoms with Crippen molar-refractivity contribution < 1.29 is 21.7 Å². The molecular weight excluding hydrogens is 418 g/mol. The average Bonchev–Trinajstić information content (AvgIpc) is 3.17. The van der Waals surface area contributed by atoms with Gasteiger partial charge in [-0.1, -0.05) is 49.3 Å². The molecule has 1 fully saturated rings. The van der Waals surface area contributed by atoms with Gasteiger partial charge in [-0.3, -0.25) is 0 Å². The molecule has 154 valence electrons. The smallest absolute Gasteiger partial charge is 0.304 e. The van der Waals surface area contributed by atoms with E-state index in [-0.39, 0.29) is 27.3 Å². The Morgan fingerprint density at radius 3 is 2.52 bits per heavy atom. The predicted molar refractivity (Wildman–Crippen MR) is 106 cm³/mol. The van der Waals surface area contributed by atoms with Crippen LogP contribution in [0.4, 0.5) is 8.78 Å². The first-order valence-corrected chi connectivity index (χ1v) is 11.4. The topological polar surface area (TPSA) is 72.2 Å². The van der Waals surface area contributed by atoms with E-state index in [1.807, 2.05) is 44.2 Å². The summed E-state index contributed by atoms with van der Waals surface area (Å²) in [5.74, 6) is -3.57. The van der Waals surface area contributed by atoms with Crippen LogP contribution in [0.3, 0.4) is 0 Å². The Balaban J connectivity index is 1.54. The van der Waals surface area contributed by atoms with Crippen LogP contribution in [-0.4, -0.2) is 19.6 Å². The van der Waals surface area contributed by atoms with E-state index in [4.69, 9.17) is 0 Å². The summed E-state index contributed by atoms with van der Waals surface area (Å²) < 4.78 is 60.1. The molecular formula is C20H20F2N2O3S2. The quantitative estimate of drug-likeness (QED) is 0.602. The number of benzene rings is 1. The van der Waals surface area contributed by atoms with Crippen molar-refractivity contribution in [2.45, 2.75) is 42.4 Å². The van der Waals surface area contributed by atoms with Crippen molar-refractivity contribution in [3.8, 4) is 10.6 Å². The van der Waals surface area contributed by atoms with Crippen molar-refractivity contribution in [3.63, 3.8) is 0 Å². The number of halogens is 2. The van der Waals surface area contributed by atoms with E-state index in [1.54, 1.807) is 6.07 Å². The van der Waals surface area contributed by atoms with Gasteiger partial charge in [-0.25, -0.2) is 13.1 Å². The Morgan fingerprint density at radius 1 is 1.21 bits per heavy atom. The molecule has 0 spiro atoms. The summed E-state index contributed by atoms with van der Waals surface area (Å²) in [6, 6.07) is 13.7. The summed E-state index contributed by atoms with van der Waals surface area (Å²) >= 11 is 0.966. The molecule has 2 heterocycles. The third-order valence-corrected chi connectivity index (χ3v) is 8.74. The predicted octanol–water partition coefficient (Wildman–Crippen LogP) is 4.77. The fourth-order valence-corrected chi connectivity index (χ4v) is 6.31. The molecule has 5 nitrogen and oxygen atoms in total. The fraction of sp³-hybridized carbons (Fsp3) is 0.350. The normalized spacial score (nSPS) is 24.6. The largest absolute Gasteiger partial charge is 0.354 e. The summed E-state index contributed by atoms with van der Waals surface area (Å²) in [6.45, 7) is 4.77. The number of hydrogen-bond donors (Lipinski definition) is 1. The monoisotopic (exact) mass is 438 g/mol. The second-order valence-corrected chi connectivity index (χ2v) is 10.6. The number of rotatable bonds is 6. The molecule has 1 N–H and O–H groups in total. The molecule has 0 amide bonds. The molecule has 0 aliphatic heterocycles. The van der Waals surface area contributed by atoms with E-state index < -0.39 is 21.7 Å². The van der Waals surface area contributed by atoms with Crippen molar-refractivity contribution >= 4 is 21.4 Å². The zero-order valence-corrected chi connectivity index (χ0v) is 17.7. The zero-order chi connectivity index (χ0) is 21.0. The fourth-order valence-electron chi connectivity index (χ4n) is 3.62. The van der Waals surface area contributed by atoms with Gasteiger partial charge in [0.1, 0.15) is 9.90 Å². The van der Waals surface area contributed by atoms with E-state index in [0.717, 1.165) is 23.0 Å². The van der Waals surface area contributed by atoms with Crippen molar-refractivity contribution in [2.75, 3.05) is 0 Å². The van der Waals surface area contributed by atoms with Gasteiger partial charge in [-0.05, 0) is 23.6 Å². The van der Waals surface area contributed by atoms with E-state index in [1.165, 1.54) is 6.07 Å². The van der Waals surface area contributed by atoms with Gasteiger partial charge in [-0.2, -0.15) is 8.78 Å². The van der Waals surface area contributed by atoms with Crippen LogP contribution in [0, 0.1) is 5.92 Å². The maximum absolute atomic E-state index is 13.3. The molecule has 3 atom stereocenters. The van der Waals surface area contributed by atoms with Gasteiger partial charge in [-0.15, -0.1) is 11.3 Å². The van der Waals surface area contributed by atoms with E-state index >= 15 is 0 Å². The van der Waals surface area contributed by atoms with E-state index in [0.29, 0.717) is 11.8 Å². The van der Waals surface area contributed by atoms with Crippen molar-refractivity contribution in [2.24, 2.45) is 5.92 Å². The number of aromatic nitrogens is 1. The number of alkyl halides is 2. The highest BCUT2D eigenvalue weighted by molar-refractivity contribution is 7.91. The third-order valence-electron chi connectivity index (χ3n) is 5.70. The summed E-state index contributed by atoms with van der Waals surface area (Å²) in [5, 5.41) is 3.64. The molecule has 9 heteroatoms. The lowest BCUT2D eigenvalue weighted by Crippen LogP contribution is -2.30. The van der Waals surface area contributed by atoms with Gasteiger partial charge in [0.15, 0.2) is 0 Å². The van der Waals surface area contributed by atoms with Gasteiger partial charge in [0.25, 0.3) is 0 Å². The maximum Gasteiger partial charge on any atom is 0.304 e. The van der Waals surface area contributed by atoms with Crippen LogP contribution < -0.4 is 4.72 Å². The van der Waals surface area contributed by atoms with Gasteiger partial charge in [0, 0.05) is 24.4 Å². The first-order valence-electron chi connectivity index (χ1n) is 9.06. The van der Waals surface area contributed by atoms with E-state index in [2.05, 4.69) is 14.4 Å². The SMILES string of the molecule is C[C@H]1[C@H](NS(=O)(=O)c2ccc(-c3cc(C(C)(F)F)on3)s2)[C@@]1(C)c1ccccc1. The molecule has 0 unspecified atom stereocenters. The molecule has 1 aliphatic rings. The summed E-state index contributed by atoms with van der Waals surface area (Å²) in [5.41, 5.74) is 0.992. The Kier molecular flexibility index (Phi) is 4.67. The zero-order valence-electron chi connectivity index (χ0n) is 16.0. The molecule has 4 rings (SSSR count). The van der Waals surface area contributed by atoms with Crippen LogP contribution in [0.25, 0.3) is 10.6 Å². The highest BCUT2D eigenvalue weighted by Gasteiger charge is 2.60. The van der Waals surface area contributed by atoms with E-state index in [9.17, 15) is 17.2 Å². The molecule has 2 aromatic heterocycles. The van der Waals surface area contributed by atoms with Crippen LogP contribution in [-0.2, 0) is 21.4 Å². The molecule has 0 saturated heterocycles. The van der Waals surface area contributed by atoms with Crippen LogP contribution in [0.5, 0.6) is 0 Å². The second kappa shape index (κ2) is 6.72. The molecule has 29 heavy (non-hydrogen) atoms. The molecule has 1 aliphatic carbocycles. The minimum absolute atomic E-state index is 0.106. The lowest BCUT2D eigenvalue weighted by atomic mass is 9.95. The second-order valence-electron chi connectivity index (χ2n) is 7.62. The first-order chi connectivity index (χ1) is 13.5. The van der Waals surface area contributed by atoms with Gasteiger partial charge < -0.3 is 4.52 Å². The minimum atomic E-state index is -3.76. The Hall–Kier alpha value is -2.10. The third kappa shape index (κ3) is 3.51. The summed E-state index contributed by atoms with van der Waals surface area (Å²) in [4.78, 5) is 0.444. The van der Waals surface area contributed by atoms with Gasteiger partial charge in [0.2, 0.25) is 15.8 Å². The van der Waals surface area contributed by atoms with Gasteiger partial charge >= 0.3 is 5.92 Å². The minimum Gasteiger partial charge on any atom is -0.354 e. The molecule has 1 aromatic carbocycles. The standard InChI is InChI=1S/C20H20F2N2O3S2/c1-12-18(19(12,2)13-7-5-4-6-8-13)24-29(25,26)17-10-9-15(28-17)14-11-16(27-23-14)20(3,21)22/h4-12,18,24H,1-3H3/t12-,18-,19+/m0/s1. The van der Waals surface area contributed by atoms with Crippen molar-refractivity contribution in [3.05, 3.63) is 59.9 Å². The number of nitrogens with one attached hydrogen (secondary N) is 1. The number of nitrogens with zero attached hydrogens (tertiary/aromatic N) is 1. The lowest BCUT2D eigenvalue weighted by Gasteiger charge is -2.12. The number of hydrogen-bond acceptors (Lipinski definition) is 5. The average molecular weight is 439 g/mol. The van der Waals surface area contributed by atoms with Crippen LogP contribution >= 0.6 is 11.3 Å². The first kappa shape index (κ1) is 20.2. The number of sulfonamides is 1. The van der Waals surface area contributed by atoms with Crippen molar-refractivity contribution in [1.82, 2.24) is 9.88 Å². The summed E-state index contributed by atoms with van der Waals surface area (Å²) in [7, 11) is -3.76. The molecule has 3 aromatic rings. The lowest BCUT2D eigenvalue weighted by molar-refractivity contribution is -0.0105. The Labute approximate surface area is 171 Å². The summed E-state index contributed by atoms with van der Waals surface area (Å²) in [6.07, 6.45) is 0. The van der Waals surface area contributed by atoms with Crippen LogP contribution in [0.2, 0.25) is 0 Å². The van der Waals surface area contributed by atoms with Crippen molar-refractivity contribution in [1.29, 1.82) is 0 Å².